The van der Waals surface area contributed by atoms with Crippen LogP contribution in [0.15, 0.2) is 54.6 Å². The maximum atomic E-state index is 12.1. The van der Waals surface area contributed by atoms with Gasteiger partial charge < -0.3 is 10.4 Å². The Morgan fingerprint density at radius 1 is 0.958 bits per heavy atom. The van der Waals surface area contributed by atoms with Crippen molar-refractivity contribution in [2.45, 2.75) is 6.54 Å². The van der Waals surface area contributed by atoms with E-state index in [0.29, 0.717) is 10.6 Å². The van der Waals surface area contributed by atoms with Gasteiger partial charge >= 0.3 is 5.97 Å². The second-order valence-corrected chi connectivity index (χ2v) is 5.99. The third-order valence-electron chi connectivity index (χ3n) is 3.28. The second kappa shape index (κ2) is 7.01. The molecule has 120 valence electrons. The van der Waals surface area contributed by atoms with E-state index in [4.69, 9.17) is 5.11 Å². The fraction of sp³-hybridized carbons (Fsp3) is 0.0588. The van der Waals surface area contributed by atoms with Gasteiger partial charge in [0.25, 0.3) is 5.91 Å². The first-order valence-electron chi connectivity index (χ1n) is 7.13. The first-order valence-corrected chi connectivity index (χ1v) is 7.94. The number of benzene rings is 2. The number of aromatic carboxylic acids is 1. The van der Waals surface area contributed by atoms with Crippen molar-refractivity contribution in [1.82, 2.24) is 15.5 Å². The number of aromatic nitrogens is 2. The third-order valence-corrected chi connectivity index (χ3v) is 4.25. The van der Waals surface area contributed by atoms with Gasteiger partial charge in [0, 0.05) is 11.1 Å². The minimum Gasteiger partial charge on any atom is -0.478 e. The number of hydrogen-bond acceptors (Lipinski definition) is 5. The molecule has 3 aromatic rings. The van der Waals surface area contributed by atoms with E-state index in [1.54, 1.807) is 0 Å². The molecule has 0 bridgehead atoms. The molecule has 0 spiro atoms. The molecule has 1 amide bonds. The minimum atomic E-state index is -1.02. The van der Waals surface area contributed by atoms with Gasteiger partial charge in [0.1, 0.15) is 10.0 Å². The summed E-state index contributed by atoms with van der Waals surface area (Å²) in [5.41, 5.74) is 1.52. The maximum Gasteiger partial charge on any atom is 0.335 e. The highest BCUT2D eigenvalue weighted by Crippen LogP contribution is 2.22. The Morgan fingerprint density at radius 2 is 1.62 bits per heavy atom. The van der Waals surface area contributed by atoms with Gasteiger partial charge in [-0.15, -0.1) is 10.2 Å². The zero-order valence-corrected chi connectivity index (χ0v) is 13.3. The molecule has 0 aliphatic heterocycles. The molecule has 0 saturated carbocycles. The predicted octanol–water partition coefficient (Wildman–Crippen LogP) is 2.83. The zero-order chi connectivity index (χ0) is 16.9. The van der Waals surface area contributed by atoms with E-state index in [9.17, 15) is 9.59 Å². The number of carboxylic acids is 1. The summed E-state index contributed by atoms with van der Waals surface area (Å²) in [6.07, 6.45) is 0. The average Bonchev–Trinajstić information content (AvgIpc) is 3.09. The molecule has 3 rings (SSSR count). The molecule has 0 aliphatic carbocycles. The van der Waals surface area contributed by atoms with Crippen molar-refractivity contribution >= 4 is 23.2 Å². The highest BCUT2D eigenvalue weighted by molar-refractivity contribution is 7.14. The molecule has 6 nitrogen and oxygen atoms in total. The summed E-state index contributed by atoms with van der Waals surface area (Å²) in [6.45, 7) is 0.268. The van der Waals surface area contributed by atoms with E-state index in [1.165, 1.54) is 35.6 Å². The van der Waals surface area contributed by atoms with Gasteiger partial charge in [-0.2, -0.15) is 0 Å². The van der Waals surface area contributed by atoms with Gasteiger partial charge in [0.15, 0.2) is 0 Å². The van der Waals surface area contributed by atoms with Crippen LogP contribution in [0.1, 0.15) is 25.7 Å². The van der Waals surface area contributed by atoms with Crippen molar-refractivity contribution < 1.29 is 14.7 Å². The zero-order valence-electron chi connectivity index (χ0n) is 12.5. The lowest BCUT2D eigenvalue weighted by atomic mass is 10.1. The van der Waals surface area contributed by atoms with E-state index < -0.39 is 5.97 Å². The lowest BCUT2D eigenvalue weighted by Gasteiger charge is -2.03. The van der Waals surface area contributed by atoms with Crippen LogP contribution in [0.4, 0.5) is 0 Å². The van der Waals surface area contributed by atoms with Crippen LogP contribution in [-0.2, 0) is 6.54 Å². The summed E-state index contributed by atoms with van der Waals surface area (Å²) in [5.74, 6) is -1.31. The van der Waals surface area contributed by atoms with Crippen molar-refractivity contribution in [3.05, 3.63) is 70.7 Å². The molecule has 1 aromatic heterocycles. The predicted molar refractivity (Wildman–Crippen MR) is 89.9 cm³/mol. The van der Waals surface area contributed by atoms with Gasteiger partial charge in [0.2, 0.25) is 0 Å². The Kier molecular flexibility index (Phi) is 4.62. The number of amides is 1. The molecule has 24 heavy (non-hydrogen) atoms. The molecule has 2 aromatic carbocycles. The molecule has 0 radical (unpaired) electrons. The highest BCUT2D eigenvalue weighted by Gasteiger charge is 2.10. The Balaban J connectivity index is 1.62. The number of nitrogens with zero attached hydrogens (tertiary/aromatic N) is 2. The number of rotatable bonds is 5. The Labute approximate surface area is 141 Å². The molecule has 0 atom stereocenters. The van der Waals surface area contributed by atoms with Crippen LogP contribution in [0.2, 0.25) is 0 Å². The number of carboxylic acid groups (broad SMARTS) is 1. The van der Waals surface area contributed by atoms with E-state index in [2.05, 4.69) is 15.5 Å². The highest BCUT2D eigenvalue weighted by atomic mass is 32.1. The van der Waals surface area contributed by atoms with Gasteiger partial charge in [-0.25, -0.2) is 4.79 Å². The molecular weight excluding hydrogens is 326 g/mol. The summed E-state index contributed by atoms with van der Waals surface area (Å²) in [4.78, 5) is 22.9. The molecule has 0 aliphatic rings. The average molecular weight is 339 g/mol. The minimum absolute atomic E-state index is 0.142. The monoisotopic (exact) mass is 339 g/mol. The lowest BCUT2D eigenvalue weighted by Crippen LogP contribution is -2.22. The number of hydrogen-bond donors (Lipinski definition) is 2. The Bertz CT molecular complexity index is 860. The van der Waals surface area contributed by atoms with Crippen LogP contribution in [0.3, 0.4) is 0 Å². The maximum absolute atomic E-state index is 12.1. The van der Waals surface area contributed by atoms with Crippen LogP contribution < -0.4 is 5.32 Å². The molecule has 1 heterocycles. The molecule has 0 fully saturated rings. The van der Waals surface area contributed by atoms with Crippen LogP contribution in [-0.4, -0.2) is 27.2 Å². The van der Waals surface area contributed by atoms with Crippen molar-refractivity contribution in [3.8, 4) is 10.6 Å². The number of nitrogens with one attached hydrogen (secondary N) is 1. The topological polar surface area (TPSA) is 92.2 Å². The third kappa shape index (κ3) is 3.64. The van der Waals surface area contributed by atoms with Crippen LogP contribution in [0.25, 0.3) is 10.6 Å². The number of carbonyl (C=O) groups excluding carboxylic acids is 1. The molecule has 0 saturated heterocycles. The SMILES string of the molecule is O=C(O)c1ccc(C(=O)NCc2nnc(-c3ccccc3)s2)cc1. The van der Waals surface area contributed by atoms with Crippen LogP contribution in [0.5, 0.6) is 0 Å². The van der Waals surface area contributed by atoms with Crippen LogP contribution in [0, 0.1) is 0 Å². The van der Waals surface area contributed by atoms with Crippen LogP contribution >= 0.6 is 11.3 Å². The van der Waals surface area contributed by atoms with Crippen molar-refractivity contribution in [3.63, 3.8) is 0 Å². The lowest BCUT2D eigenvalue weighted by molar-refractivity contribution is 0.0696. The van der Waals surface area contributed by atoms with E-state index in [1.807, 2.05) is 30.3 Å². The molecule has 0 unspecified atom stereocenters. The standard InChI is InChI=1S/C17H13N3O3S/c21-15(11-6-8-13(9-7-11)17(22)23)18-10-14-19-20-16(24-14)12-4-2-1-3-5-12/h1-9H,10H2,(H,18,21)(H,22,23). The summed E-state index contributed by atoms with van der Waals surface area (Å²) < 4.78 is 0. The van der Waals surface area contributed by atoms with Crippen molar-refractivity contribution in [2.24, 2.45) is 0 Å². The second-order valence-electron chi connectivity index (χ2n) is 4.93. The van der Waals surface area contributed by atoms with E-state index >= 15 is 0 Å². The molecule has 2 N–H and O–H groups in total. The first-order chi connectivity index (χ1) is 11.6. The normalized spacial score (nSPS) is 10.3. The summed E-state index contributed by atoms with van der Waals surface area (Å²) >= 11 is 1.41. The van der Waals surface area contributed by atoms with Gasteiger partial charge in [-0.1, -0.05) is 41.7 Å². The van der Waals surface area contributed by atoms with Crippen molar-refractivity contribution in [2.75, 3.05) is 0 Å². The fourth-order valence-electron chi connectivity index (χ4n) is 2.04. The summed E-state index contributed by atoms with van der Waals surface area (Å²) in [6, 6.07) is 15.5. The van der Waals surface area contributed by atoms with Gasteiger partial charge in [-0.05, 0) is 24.3 Å². The number of carbonyl (C=O) groups is 2. The Hall–Kier alpha value is -3.06. The summed E-state index contributed by atoms with van der Waals surface area (Å²) in [7, 11) is 0. The van der Waals surface area contributed by atoms with E-state index in [0.717, 1.165) is 10.6 Å². The molecular formula is C17H13N3O3S. The van der Waals surface area contributed by atoms with Gasteiger partial charge in [-0.3, -0.25) is 4.79 Å². The Morgan fingerprint density at radius 3 is 2.29 bits per heavy atom. The van der Waals surface area contributed by atoms with Gasteiger partial charge in [0.05, 0.1) is 12.1 Å². The van der Waals surface area contributed by atoms with Crippen molar-refractivity contribution in [1.29, 1.82) is 0 Å². The largest absolute Gasteiger partial charge is 0.478 e. The first kappa shape index (κ1) is 15.8. The smallest absolute Gasteiger partial charge is 0.335 e. The summed E-state index contributed by atoms with van der Waals surface area (Å²) in [5, 5.41) is 21.3. The fourth-order valence-corrected chi connectivity index (χ4v) is 2.83. The quantitative estimate of drug-likeness (QED) is 0.746. The molecule has 7 heteroatoms. The van der Waals surface area contributed by atoms with E-state index in [-0.39, 0.29) is 18.0 Å².